The first-order valence-corrected chi connectivity index (χ1v) is 11.0. The van der Waals surface area contributed by atoms with Crippen molar-refractivity contribution in [3.63, 3.8) is 0 Å². The molecule has 11 nitrogen and oxygen atoms in total. The minimum absolute atomic E-state index is 0.00797. The second kappa shape index (κ2) is 10.5. The predicted octanol–water partition coefficient (Wildman–Crippen LogP) is 2.65. The fourth-order valence-corrected chi connectivity index (χ4v) is 3.65. The Kier molecular flexibility index (Phi) is 7.28. The summed E-state index contributed by atoms with van der Waals surface area (Å²) in [5, 5.41) is 10.1. The molecular formula is C23H24ClN5O6. The Morgan fingerprint density at radius 2 is 2.03 bits per heavy atom. The highest BCUT2D eigenvalue weighted by molar-refractivity contribution is 6.32. The van der Waals surface area contributed by atoms with E-state index in [4.69, 9.17) is 30.3 Å². The van der Waals surface area contributed by atoms with Crippen molar-refractivity contribution >= 4 is 34.9 Å². The summed E-state index contributed by atoms with van der Waals surface area (Å²) in [6.07, 6.45) is 2.21. The SMILES string of the molecule is COc1cc(OC)c(C2=C[C@@H](C(=O)Nc3cc(C)n(CC(=O)NCc4ccco4)n3)ON2)cc1Cl. The van der Waals surface area contributed by atoms with Crippen molar-refractivity contribution < 1.29 is 28.3 Å². The van der Waals surface area contributed by atoms with Crippen molar-refractivity contribution in [2.75, 3.05) is 19.5 Å². The molecule has 184 valence electrons. The van der Waals surface area contributed by atoms with Crippen LogP contribution in [0, 0.1) is 6.92 Å². The zero-order valence-corrected chi connectivity index (χ0v) is 20.0. The number of furan rings is 1. The summed E-state index contributed by atoms with van der Waals surface area (Å²) in [5.74, 6) is 1.21. The van der Waals surface area contributed by atoms with Crippen molar-refractivity contribution in [3.05, 3.63) is 64.7 Å². The number of rotatable bonds is 9. The number of hydrogen-bond donors (Lipinski definition) is 3. The molecule has 0 fully saturated rings. The van der Waals surface area contributed by atoms with Crippen LogP contribution in [0.5, 0.6) is 11.5 Å². The van der Waals surface area contributed by atoms with Gasteiger partial charge in [0.25, 0.3) is 5.91 Å². The van der Waals surface area contributed by atoms with Gasteiger partial charge in [-0.15, -0.1) is 0 Å². The van der Waals surface area contributed by atoms with Gasteiger partial charge in [0.1, 0.15) is 23.8 Å². The van der Waals surface area contributed by atoms with Crippen LogP contribution in [0.25, 0.3) is 5.70 Å². The fourth-order valence-electron chi connectivity index (χ4n) is 3.41. The summed E-state index contributed by atoms with van der Waals surface area (Å²) >= 11 is 6.24. The molecule has 3 aromatic rings. The Bertz CT molecular complexity index is 1250. The number of hydrogen-bond acceptors (Lipinski definition) is 8. The van der Waals surface area contributed by atoms with Crippen LogP contribution in [0.15, 0.2) is 47.1 Å². The van der Waals surface area contributed by atoms with Crippen LogP contribution in [0.1, 0.15) is 17.0 Å². The average Bonchev–Trinajstić information content (AvgIpc) is 3.60. The molecule has 1 aromatic carbocycles. The highest BCUT2D eigenvalue weighted by Crippen LogP contribution is 2.36. The molecule has 3 heterocycles. The van der Waals surface area contributed by atoms with Crippen molar-refractivity contribution in [3.8, 4) is 11.5 Å². The van der Waals surface area contributed by atoms with Crippen LogP contribution < -0.4 is 25.6 Å². The lowest BCUT2D eigenvalue weighted by Crippen LogP contribution is -2.29. The number of aromatic nitrogens is 2. The third-order valence-corrected chi connectivity index (χ3v) is 5.50. The van der Waals surface area contributed by atoms with Crippen LogP contribution >= 0.6 is 11.6 Å². The van der Waals surface area contributed by atoms with Gasteiger partial charge in [-0.1, -0.05) is 11.6 Å². The van der Waals surface area contributed by atoms with Crippen LogP contribution in [0.4, 0.5) is 5.82 Å². The van der Waals surface area contributed by atoms with Gasteiger partial charge in [0.15, 0.2) is 11.9 Å². The van der Waals surface area contributed by atoms with Crippen molar-refractivity contribution in [2.24, 2.45) is 0 Å². The Balaban J connectivity index is 1.39. The maximum absolute atomic E-state index is 12.8. The van der Waals surface area contributed by atoms with Crippen molar-refractivity contribution in [1.29, 1.82) is 0 Å². The van der Waals surface area contributed by atoms with Crippen LogP contribution in [-0.4, -0.2) is 41.9 Å². The molecule has 0 saturated heterocycles. The molecule has 0 bridgehead atoms. The van der Waals surface area contributed by atoms with Gasteiger partial charge in [-0.25, -0.2) is 0 Å². The molecule has 1 aliphatic heterocycles. The standard InChI is InChI=1S/C23H24ClN5O6/c1-13-7-21(27-29(13)12-22(30)25-11-14-5-4-6-34-14)26-23(31)20-9-17(28-35-20)15-8-16(24)19(33-3)10-18(15)32-2/h4-10,20,28H,11-12H2,1-3H3,(H,25,30)(H,26,27,31)/t20-/m0/s1. The molecule has 35 heavy (non-hydrogen) atoms. The van der Waals surface area contributed by atoms with E-state index in [0.717, 1.165) is 0 Å². The van der Waals surface area contributed by atoms with E-state index in [9.17, 15) is 9.59 Å². The lowest BCUT2D eigenvalue weighted by Gasteiger charge is -2.12. The molecule has 0 radical (unpaired) electrons. The zero-order valence-electron chi connectivity index (χ0n) is 19.3. The van der Waals surface area contributed by atoms with Crippen LogP contribution in [-0.2, 0) is 27.5 Å². The van der Waals surface area contributed by atoms with Gasteiger partial charge >= 0.3 is 0 Å². The first-order valence-electron chi connectivity index (χ1n) is 10.6. The molecule has 1 atom stereocenters. The molecule has 0 unspecified atom stereocenters. The Morgan fingerprint density at radius 1 is 1.23 bits per heavy atom. The molecule has 0 spiro atoms. The average molecular weight is 502 g/mol. The lowest BCUT2D eigenvalue weighted by molar-refractivity contribution is -0.125. The summed E-state index contributed by atoms with van der Waals surface area (Å²) in [4.78, 5) is 30.4. The minimum Gasteiger partial charge on any atom is -0.496 e. The number of anilines is 1. The molecule has 12 heteroatoms. The van der Waals surface area contributed by atoms with Gasteiger partial charge in [0, 0.05) is 23.4 Å². The number of carbonyl (C=O) groups is 2. The van der Waals surface area contributed by atoms with Gasteiger partial charge in [-0.05, 0) is 31.2 Å². The largest absolute Gasteiger partial charge is 0.496 e. The number of amides is 2. The number of halogens is 1. The number of ether oxygens (including phenoxy) is 2. The second-order valence-electron chi connectivity index (χ2n) is 7.58. The fraction of sp³-hybridized carbons (Fsp3) is 0.261. The number of hydroxylamine groups is 1. The zero-order chi connectivity index (χ0) is 24.9. The Morgan fingerprint density at radius 3 is 2.74 bits per heavy atom. The first kappa shape index (κ1) is 24.2. The van der Waals surface area contributed by atoms with E-state index in [-0.39, 0.29) is 19.0 Å². The highest BCUT2D eigenvalue weighted by atomic mass is 35.5. The molecule has 1 aliphatic rings. The summed E-state index contributed by atoms with van der Waals surface area (Å²) in [6.45, 7) is 2.06. The molecule has 3 N–H and O–H groups in total. The van der Waals surface area contributed by atoms with Crippen molar-refractivity contribution in [2.45, 2.75) is 26.1 Å². The number of nitrogens with zero attached hydrogens (tertiary/aromatic N) is 2. The summed E-state index contributed by atoms with van der Waals surface area (Å²) in [5.41, 5.74) is 4.55. The number of methoxy groups -OCH3 is 2. The third-order valence-electron chi connectivity index (χ3n) is 5.20. The normalized spacial score (nSPS) is 14.7. The predicted molar refractivity (Wildman–Crippen MR) is 127 cm³/mol. The summed E-state index contributed by atoms with van der Waals surface area (Å²) in [6, 6.07) is 8.49. The van der Waals surface area contributed by atoms with Gasteiger partial charge in [0.05, 0.1) is 37.7 Å². The van der Waals surface area contributed by atoms with Gasteiger partial charge in [0.2, 0.25) is 5.91 Å². The van der Waals surface area contributed by atoms with E-state index in [2.05, 4.69) is 21.2 Å². The topological polar surface area (TPSA) is 129 Å². The van der Waals surface area contributed by atoms with Crippen LogP contribution in [0.2, 0.25) is 5.02 Å². The molecule has 4 rings (SSSR count). The van der Waals surface area contributed by atoms with Gasteiger partial charge in [-0.2, -0.15) is 5.10 Å². The maximum Gasteiger partial charge on any atom is 0.261 e. The lowest BCUT2D eigenvalue weighted by atomic mass is 10.1. The van der Waals surface area contributed by atoms with Crippen LogP contribution in [0.3, 0.4) is 0 Å². The summed E-state index contributed by atoms with van der Waals surface area (Å²) in [7, 11) is 3.02. The van der Waals surface area contributed by atoms with E-state index in [1.54, 1.807) is 49.6 Å². The van der Waals surface area contributed by atoms with E-state index in [0.29, 0.717) is 45.1 Å². The van der Waals surface area contributed by atoms with E-state index in [1.807, 2.05) is 0 Å². The number of aryl methyl sites for hydroxylation is 1. The number of nitrogens with one attached hydrogen (secondary N) is 3. The summed E-state index contributed by atoms with van der Waals surface area (Å²) < 4.78 is 17.3. The molecule has 0 saturated carbocycles. The monoisotopic (exact) mass is 501 g/mol. The smallest absolute Gasteiger partial charge is 0.261 e. The maximum atomic E-state index is 12.8. The van der Waals surface area contributed by atoms with E-state index >= 15 is 0 Å². The number of carbonyl (C=O) groups excluding carboxylic acids is 2. The molecule has 0 aliphatic carbocycles. The second-order valence-corrected chi connectivity index (χ2v) is 7.99. The molecule has 2 amide bonds. The van der Waals surface area contributed by atoms with Crippen molar-refractivity contribution in [1.82, 2.24) is 20.6 Å². The third kappa shape index (κ3) is 5.58. The van der Waals surface area contributed by atoms with Gasteiger partial charge < -0.3 is 24.5 Å². The van der Waals surface area contributed by atoms with E-state index < -0.39 is 12.0 Å². The minimum atomic E-state index is -0.933. The molecular weight excluding hydrogens is 478 g/mol. The van der Waals surface area contributed by atoms with Gasteiger partial charge in [-0.3, -0.25) is 24.6 Å². The molecule has 2 aromatic heterocycles. The quantitative estimate of drug-likeness (QED) is 0.408. The Hall–Kier alpha value is -3.96. The van der Waals surface area contributed by atoms with E-state index in [1.165, 1.54) is 18.9 Å². The first-order chi connectivity index (χ1) is 16.9. The Labute approximate surface area is 205 Å². The highest BCUT2D eigenvalue weighted by Gasteiger charge is 2.27. The number of benzene rings is 1.